The van der Waals surface area contributed by atoms with Crippen molar-refractivity contribution in [2.24, 2.45) is 15.9 Å². The third kappa shape index (κ3) is 3.08. The van der Waals surface area contributed by atoms with Crippen LogP contribution in [0.15, 0.2) is 22.9 Å². The maximum absolute atomic E-state index is 4.81. The zero-order valence-corrected chi connectivity index (χ0v) is 4.83. The molecule has 3 nitrogen and oxygen atoms in total. The van der Waals surface area contributed by atoms with Gasteiger partial charge in [0.25, 0.3) is 0 Å². The standard InChI is InChI=1S/C5H9N3/c1-3-7-5(2)4-8-6/h3-4H,1,6H2,2H3/b7-5?,8-4-. The minimum atomic E-state index is 0.752. The highest BCUT2D eigenvalue weighted by Crippen LogP contribution is 1.71. The Labute approximate surface area is 48.6 Å². The number of hydrogen-bond acceptors (Lipinski definition) is 3. The molecule has 0 aliphatic rings. The van der Waals surface area contributed by atoms with E-state index in [1.54, 1.807) is 6.92 Å². The Hall–Kier alpha value is -1.12. The van der Waals surface area contributed by atoms with E-state index in [0.717, 1.165) is 5.71 Å². The van der Waals surface area contributed by atoms with Crippen LogP contribution in [0.3, 0.4) is 0 Å². The predicted molar refractivity (Wildman–Crippen MR) is 36.0 cm³/mol. The third-order valence-corrected chi connectivity index (χ3v) is 0.556. The van der Waals surface area contributed by atoms with E-state index in [1.165, 1.54) is 12.4 Å². The van der Waals surface area contributed by atoms with Gasteiger partial charge in [-0.2, -0.15) is 5.10 Å². The molecule has 0 saturated carbocycles. The first kappa shape index (κ1) is 6.88. The second kappa shape index (κ2) is 4.05. The Morgan fingerprint density at radius 2 is 2.38 bits per heavy atom. The van der Waals surface area contributed by atoms with Gasteiger partial charge in [0.1, 0.15) is 0 Å². The molecule has 0 aromatic rings. The molecular formula is C5H9N3. The highest BCUT2D eigenvalue weighted by atomic mass is 15.1. The summed E-state index contributed by atoms with van der Waals surface area (Å²) in [5, 5.41) is 3.25. The summed E-state index contributed by atoms with van der Waals surface area (Å²) >= 11 is 0. The molecule has 2 N–H and O–H groups in total. The number of nitrogens with zero attached hydrogens (tertiary/aromatic N) is 2. The number of hydrazone groups is 1. The highest BCUT2D eigenvalue weighted by molar-refractivity contribution is 6.29. The molecular weight excluding hydrogens is 102 g/mol. The summed E-state index contributed by atoms with van der Waals surface area (Å²) in [5.41, 5.74) is 0.752. The molecule has 0 amide bonds. The van der Waals surface area contributed by atoms with Crippen molar-refractivity contribution in [1.82, 2.24) is 0 Å². The predicted octanol–water partition coefficient (Wildman–Crippen LogP) is 0.535. The maximum Gasteiger partial charge on any atom is 0.0677 e. The average molecular weight is 111 g/mol. The fourth-order valence-electron chi connectivity index (χ4n) is 0.285. The molecule has 0 saturated heterocycles. The molecule has 0 bridgehead atoms. The van der Waals surface area contributed by atoms with Crippen LogP contribution < -0.4 is 5.84 Å². The second-order valence-electron chi connectivity index (χ2n) is 1.23. The first-order valence-corrected chi connectivity index (χ1v) is 2.20. The zero-order chi connectivity index (χ0) is 6.41. The molecule has 0 spiro atoms. The normalized spacial score (nSPS) is 12.4. The topological polar surface area (TPSA) is 50.7 Å². The van der Waals surface area contributed by atoms with Crippen LogP contribution in [-0.4, -0.2) is 11.9 Å². The van der Waals surface area contributed by atoms with Crippen LogP contribution in [0.4, 0.5) is 0 Å². The van der Waals surface area contributed by atoms with Crippen molar-refractivity contribution in [3.63, 3.8) is 0 Å². The highest BCUT2D eigenvalue weighted by Gasteiger charge is 1.75. The van der Waals surface area contributed by atoms with Gasteiger partial charge in [-0.05, 0) is 6.92 Å². The Kier molecular flexibility index (Phi) is 3.48. The van der Waals surface area contributed by atoms with Gasteiger partial charge in [-0.25, -0.2) is 0 Å². The van der Waals surface area contributed by atoms with Crippen LogP contribution in [0.25, 0.3) is 0 Å². The Morgan fingerprint density at radius 3 is 2.75 bits per heavy atom. The molecule has 0 fully saturated rings. The molecule has 0 aromatic carbocycles. The summed E-state index contributed by atoms with van der Waals surface area (Å²) in [6, 6.07) is 0. The lowest BCUT2D eigenvalue weighted by Crippen LogP contribution is -1.93. The smallest absolute Gasteiger partial charge is 0.0677 e. The molecule has 0 unspecified atom stereocenters. The van der Waals surface area contributed by atoms with Gasteiger partial charge in [-0.3, -0.25) is 4.99 Å². The van der Waals surface area contributed by atoms with E-state index < -0.39 is 0 Å². The Bertz CT molecular complexity index is 124. The van der Waals surface area contributed by atoms with E-state index in [-0.39, 0.29) is 0 Å². The number of aliphatic imine (C=N–C) groups is 1. The van der Waals surface area contributed by atoms with Gasteiger partial charge in [-0.1, -0.05) is 6.58 Å². The van der Waals surface area contributed by atoms with E-state index >= 15 is 0 Å². The van der Waals surface area contributed by atoms with E-state index in [4.69, 9.17) is 5.84 Å². The number of nitrogens with two attached hydrogens (primary N) is 1. The quantitative estimate of drug-likeness (QED) is 0.315. The van der Waals surface area contributed by atoms with Crippen molar-refractivity contribution in [3.05, 3.63) is 12.8 Å². The second-order valence-corrected chi connectivity index (χ2v) is 1.23. The van der Waals surface area contributed by atoms with Crippen LogP contribution >= 0.6 is 0 Å². The van der Waals surface area contributed by atoms with Gasteiger partial charge in [-0.15, -0.1) is 0 Å². The average Bonchev–Trinajstić information content (AvgIpc) is 1.68. The van der Waals surface area contributed by atoms with Crippen molar-refractivity contribution in [2.75, 3.05) is 0 Å². The van der Waals surface area contributed by atoms with Crippen LogP contribution in [0.5, 0.6) is 0 Å². The molecule has 0 radical (unpaired) electrons. The molecule has 8 heavy (non-hydrogen) atoms. The van der Waals surface area contributed by atoms with E-state index in [0.29, 0.717) is 0 Å². The van der Waals surface area contributed by atoms with Gasteiger partial charge in [0, 0.05) is 6.20 Å². The SMILES string of the molecule is C=CN=C(C)/C=N\N. The number of rotatable bonds is 2. The summed E-state index contributed by atoms with van der Waals surface area (Å²) in [5.74, 6) is 4.81. The van der Waals surface area contributed by atoms with Crippen molar-refractivity contribution in [3.8, 4) is 0 Å². The van der Waals surface area contributed by atoms with Gasteiger partial charge >= 0.3 is 0 Å². The number of hydrogen-bond donors (Lipinski definition) is 1. The van der Waals surface area contributed by atoms with E-state index in [9.17, 15) is 0 Å². The fraction of sp³-hybridized carbons (Fsp3) is 0.200. The van der Waals surface area contributed by atoms with Gasteiger partial charge in [0.15, 0.2) is 0 Å². The van der Waals surface area contributed by atoms with Gasteiger partial charge in [0.2, 0.25) is 0 Å². The van der Waals surface area contributed by atoms with Gasteiger partial charge in [0.05, 0.1) is 11.9 Å². The van der Waals surface area contributed by atoms with Crippen LogP contribution in [0.2, 0.25) is 0 Å². The van der Waals surface area contributed by atoms with Crippen molar-refractivity contribution < 1.29 is 0 Å². The summed E-state index contributed by atoms with van der Waals surface area (Å²) in [4.78, 5) is 3.77. The molecule has 0 heterocycles. The lowest BCUT2D eigenvalue weighted by Gasteiger charge is -1.81. The van der Waals surface area contributed by atoms with E-state index in [1.807, 2.05) is 0 Å². The monoisotopic (exact) mass is 111 g/mol. The van der Waals surface area contributed by atoms with Crippen LogP contribution in [0, 0.1) is 0 Å². The first-order valence-electron chi connectivity index (χ1n) is 2.20. The maximum atomic E-state index is 4.81. The molecule has 0 aromatic heterocycles. The minimum Gasteiger partial charge on any atom is -0.323 e. The fourth-order valence-corrected chi connectivity index (χ4v) is 0.285. The molecule has 44 valence electrons. The Morgan fingerprint density at radius 1 is 1.75 bits per heavy atom. The molecule has 0 rings (SSSR count). The van der Waals surface area contributed by atoms with Gasteiger partial charge < -0.3 is 5.84 Å². The van der Waals surface area contributed by atoms with E-state index in [2.05, 4.69) is 16.7 Å². The first-order chi connectivity index (χ1) is 3.81. The van der Waals surface area contributed by atoms with Crippen LogP contribution in [-0.2, 0) is 0 Å². The molecule has 0 aliphatic carbocycles. The molecule has 3 heteroatoms. The van der Waals surface area contributed by atoms with Crippen molar-refractivity contribution in [1.29, 1.82) is 0 Å². The summed E-state index contributed by atoms with van der Waals surface area (Å²) < 4.78 is 0. The van der Waals surface area contributed by atoms with Crippen molar-refractivity contribution in [2.45, 2.75) is 6.92 Å². The molecule has 0 aliphatic heterocycles. The third-order valence-electron chi connectivity index (χ3n) is 0.556. The largest absolute Gasteiger partial charge is 0.323 e. The lowest BCUT2D eigenvalue weighted by molar-refractivity contribution is 1.27. The summed E-state index contributed by atoms with van der Waals surface area (Å²) in [6.07, 6.45) is 2.90. The zero-order valence-electron chi connectivity index (χ0n) is 4.83. The molecule has 0 atom stereocenters. The lowest BCUT2D eigenvalue weighted by atomic mass is 10.5. The summed E-state index contributed by atoms with van der Waals surface area (Å²) in [7, 11) is 0. The minimum absolute atomic E-state index is 0.752. The summed E-state index contributed by atoms with van der Waals surface area (Å²) in [6.45, 7) is 5.18. The Balaban J connectivity index is 3.79. The van der Waals surface area contributed by atoms with Crippen molar-refractivity contribution >= 4 is 11.9 Å². The van der Waals surface area contributed by atoms with Crippen LogP contribution in [0.1, 0.15) is 6.92 Å².